The molecule has 0 aliphatic carbocycles. The Labute approximate surface area is 160 Å². The van der Waals surface area contributed by atoms with E-state index in [1.807, 2.05) is 60.7 Å². The SMILES string of the molecule is CC(C)CCOC(=O)C(=Cc1ccccc1)NC(=O)C=Cc1ccccc1. The van der Waals surface area contributed by atoms with Crippen LogP contribution in [0.15, 0.2) is 72.4 Å². The van der Waals surface area contributed by atoms with E-state index in [9.17, 15) is 9.59 Å². The van der Waals surface area contributed by atoms with Gasteiger partial charge in [-0.2, -0.15) is 0 Å². The van der Waals surface area contributed by atoms with Gasteiger partial charge < -0.3 is 10.1 Å². The average molecular weight is 363 g/mol. The molecule has 0 aliphatic heterocycles. The van der Waals surface area contributed by atoms with Crippen LogP contribution in [0.4, 0.5) is 0 Å². The number of hydrogen-bond donors (Lipinski definition) is 1. The van der Waals surface area contributed by atoms with Crippen LogP contribution in [-0.4, -0.2) is 18.5 Å². The molecule has 0 radical (unpaired) electrons. The Morgan fingerprint density at radius 3 is 2.15 bits per heavy atom. The van der Waals surface area contributed by atoms with E-state index in [0.29, 0.717) is 12.5 Å². The van der Waals surface area contributed by atoms with Crippen molar-refractivity contribution in [2.45, 2.75) is 20.3 Å². The predicted octanol–water partition coefficient (Wildman–Crippen LogP) is 4.45. The Hall–Kier alpha value is -3.14. The van der Waals surface area contributed by atoms with Crippen LogP contribution in [0.3, 0.4) is 0 Å². The van der Waals surface area contributed by atoms with Gasteiger partial charge in [-0.1, -0.05) is 74.5 Å². The van der Waals surface area contributed by atoms with Gasteiger partial charge in [-0.15, -0.1) is 0 Å². The van der Waals surface area contributed by atoms with Crippen LogP contribution in [0.2, 0.25) is 0 Å². The molecule has 140 valence electrons. The maximum Gasteiger partial charge on any atom is 0.354 e. The average Bonchev–Trinajstić information content (AvgIpc) is 2.67. The standard InChI is InChI=1S/C23H25NO3/c1-18(2)15-16-27-23(26)21(17-20-11-7-4-8-12-20)24-22(25)14-13-19-9-5-3-6-10-19/h3-14,17-18H,15-16H2,1-2H3,(H,24,25). The molecule has 2 aromatic rings. The summed E-state index contributed by atoms with van der Waals surface area (Å²) in [6, 6.07) is 18.8. The Balaban J connectivity index is 2.09. The Morgan fingerprint density at radius 2 is 1.56 bits per heavy atom. The maximum absolute atomic E-state index is 12.4. The summed E-state index contributed by atoms with van der Waals surface area (Å²) >= 11 is 0. The fraction of sp³-hybridized carbons (Fsp3) is 0.217. The van der Waals surface area contributed by atoms with Gasteiger partial charge in [-0.25, -0.2) is 4.79 Å². The summed E-state index contributed by atoms with van der Waals surface area (Å²) in [5.41, 5.74) is 1.83. The molecule has 0 unspecified atom stereocenters. The van der Waals surface area contributed by atoms with Gasteiger partial charge in [-0.05, 0) is 35.6 Å². The molecule has 4 nitrogen and oxygen atoms in total. The summed E-state index contributed by atoms with van der Waals surface area (Å²) in [4.78, 5) is 24.7. The molecule has 0 heterocycles. The van der Waals surface area contributed by atoms with Crippen molar-refractivity contribution in [2.24, 2.45) is 5.92 Å². The fourth-order valence-electron chi connectivity index (χ4n) is 2.24. The topological polar surface area (TPSA) is 55.4 Å². The Bertz CT molecular complexity index is 793. The zero-order valence-electron chi connectivity index (χ0n) is 15.7. The Morgan fingerprint density at radius 1 is 0.963 bits per heavy atom. The van der Waals surface area contributed by atoms with Gasteiger partial charge in [0.2, 0.25) is 5.91 Å². The van der Waals surface area contributed by atoms with E-state index < -0.39 is 5.97 Å². The number of benzene rings is 2. The second-order valence-electron chi connectivity index (χ2n) is 6.52. The molecule has 1 amide bonds. The summed E-state index contributed by atoms with van der Waals surface area (Å²) in [6.45, 7) is 4.44. The highest BCUT2D eigenvalue weighted by Gasteiger charge is 2.14. The first kappa shape index (κ1) is 20.2. The third-order valence-electron chi connectivity index (χ3n) is 3.74. The lowest BCUT2D eigenvalue weighted by Gasteiger charge is -2.10. The molecule has 0 bridgehead atoms. The van der Waals surface area contributed by atoms with E-state index in [4.69, 9.17) is 4.74 Å². The molecule has 4 heteroatoms. The van der Waals surface area contributed by atoms with Gasteiger partial charge in [-0.3, -0.25) is 4.79 Å². The van der Waals surface area contributed by atoms with Crippen molar-refractivity contribution >= 4 is 24.0 Å². The van der Waals surface area contributed by atoms with Crippen LogP contribution in [-0.2, 0) is 14.3 Å². The monoisotopic (exact) mass is 363 g/mol. The van der Waals surface area contributed by atoms with Gasteiger partial charge in [0.15, 0.2) is 0 Å². The molecule has 0 aromatic heterocycles. The molecule has 27 heavy (non-hydrogen) atoms. The third-order valence-corrected chi connectivity index (χ3v) is 3.74. The van der Waals surface area contributed by atoms with Gasteiger partial charge >= 0.3 is 5.97 Å². The second kappa shape index (κ2) is 10.8. The first-order chi connectivity index (χ1) is 13.0. The molecule has 0 fully saturated rings. The summed E-state index contributed by atoms with van der Waals surface area (Å²) in [5.74, 6) is -0.495. The highest BCUT2D eigenvalue weighted by atomic mass is 16.5. The van der Waals surface area contributed by atoms with E-state index in [-0.39, 0.29) is 11.6 Å². The lowest BCUT2D eigenvalue weighted by atomic mass is 10.1. The lowest BCUT2D eigenvalue weighted by Crippen LogP contribution is -2.27. The fourth-order valence-corrected chi connectivity index (χ4v) is 2.24. The number of carbonyl (C=O) groups is 2. The summed E-state index contributed by atoms with van der Waals surface area (Å²) in [6.07, 6.45) is 5.48. The number of amides is 1. The first-order valence-electron chi connectivity index (χ1n) is 9.02. The molecule has 0 saturated heterocycles. The number of esters is 1. The maximum atomic E-state index is 12.4. The quantitative estimate of drug-likeness (QED) is 0.557. The summed E-state index contributed by atoms with van der Waals surface area (Å²) < 4.78 is 5.30. The predicted molar refractivity (Wildman–Crippen MR) is 108 cm³/mol. The van der Waals surface area contributed by atoms with Crippen LogP contribution in [0.1, 0.15) is 31.4 Å². The van der Waals surface area contributed by atoms with Crippen LogP contribution < -0.4 is 5.32 Å². The molecule has 0 aliphatic rings. The van der Waals surface area contributed by atoms with Crippen molar-refractivity contribution in [3.8, 4) is 0 Å². The van der Waals surface area contributed by atoms with Crippen molar-refractivity contribution in [2.75, 3.05) is 6.61 Å². The lowest BCUT2D eigenvalue weighted by molar-refractivity contribution is -0.140. The first-order valence-corrected chi connectivity index (χ1v) is 9.02. The van der Waals surface area contributed by atoms with E-state index >= 15 is 0 Å². The third kappa shape index (κ3) is 7.74. The number of nitrogens with one attached hydrogen (secondary N) is 1. The summed E-state index contributed by atoms with van der Waals surface area (Å²) in [7, 11) is 0. The molecule has 0 spiro atoms. The van der Waals surface area contributed by atoms with E-state index in [1.54, 1.807) is 12.2 Å². The van der Waals surface area contributed by atoms with E-state index in [1.165, 1.54) is 6.08 Å². The Kier molecular flexibility index (Phi) is 8.04. The summed E-state index contributed by atoms with van der Waals surface area (Å²) in [5, 5.41) is 2.63. The zero-order chi connectivity index (χ0) is 19.5. The second-order valence-corrected chi connectivity index (χ2v) is 6.52. The minimum atomic E-state index is -0.541. The molecule has 0 atom stereocenters. The van der Waals surface area contributed by atoms with Crippen LogP contribution in [0, 0.1) is 5.92 Å². The number of rotatable bonds is 8. The highest BCUT2D eigenvalue weighted by Crippen LogP contribution is 2.08. The van der Waals surface area contributed by atoms with Gasteiger partial charge in [0.1, 0.15) is 5.70 Å². The smallest absolute Gasteiger partial charge is 0.354 e. The van der Waals surface area contributed by atoms with Gasteiger partial charge in [0.05, 0.1) is 6.61 Å². The largest absolute Gasteiger partial charge is 0.461 e. The highest BCUT2D eigenvalue weighted by molar-refractivity contribution is 6.02. The number of hydrogen-bond acceptors (Lipinski definition) is 3. The molecule has 1 N–H and O–H groups in total. The molecular weight excluding hydrogens is 338 g/mol. The van der Waals surface area contributed by atoms with Crippen molar-refractivity contribution in [3.05, 3.63) is 83.6 Å². The minimum absolute atomic E-state index is 0.118. The van der Waals surface area contributed by atoms with Crippen molar-refractivity contribution in [3.63, 3.8) is 0 Å². The normalized spacial score (nSPS) is 11.6. The molecule has 2 aromatic carbocycles. The van der Waals surface area contributed by atoms with Crippen LogP contribution in [0.25, 0.3) is 12.2 Å². The van der Waals surface area contributed by atoms with E-state index in [2.05, 4.69) is 19.2 Å². The molecule has 2 rings (SSSR count). The van der Waals surface area contributed by atoms with Gasteiger partial charge in [0.25, 0.3) is 0 Å². The van der Waals surface area contributed by atoms with Gasteiger partial charge in [0, 0.05) is 6.08 Å². The zero-order valence-corrected chi connectivity index (χ0v) is 15.7. The van der Waals surface area contributed by atoms with Crippen molar-refractivity contribution in [1.29, 1.82) is 0 Å². The van der Waals surface area contributed by atoms with Crippen LogP contribution >= 0.6 is 0 Å². The minimum Gasteiger partial charge on any atom is -0.461 e. The number of carbonyl (C=O) groups excluding carboxylic acids is 2. The van der Waals surface area contributed by atoms with E-state index in [0.717, 1.165) is 17.5 Å². The molecule has 0 saturated carbocycles. The number of ether oxygens (including phenoxy) is 1. The van der Waals surface area contributed by atoms with Crippen molar-refractivity contribution < 1.29 is 14.3 Å². The van der Waals surface area contributed by atoms with Crippen molar-refractivity contribution in [1.82, 2.24) is 5.32 Å². The molecular formula is C23H25NO3. The van der Waals surface area contributed by atoms with Crippen LogP contribution in [0.5, 0.6) is 0 Å².